The number of aromatic nitrogens is 3. The standard InChI is InChI=1S/C16H20ClN5O/c1-11(13-3-2-4-14(17)9-13)20-16(23)22-7-5-12(6-8-22)15-18-10-19-21-15/h2-4,9-12H,5-8H2,1H3,(H,20,23)(H,18,19,21). The Kier molecular flexibility index (Phi) is 4.81. The molecule has 1 aliphatic rings. The summed E-state index contributed by atoms with van der Waals surface area (Å²) < 4.78 is 0. The summed E-state index contributed by atoms with van der Waals surface area (Å²) in [5.74, 6) is 1.27. The van der Waals surface area contributed by atoms with Crippen LogP contribution in [0.1, 0.15) is 43.1 Å². The van der Waals surface area contributed by atoms with E-state index in [4.69, 9.17) is 11.6 Å². The van der Waals surface area contributed by atoms with E-state index in [1.54, 1.807) is 0 Å². The lowest BCUT2D eigenvalue weighted by Crippen LogP contribution is -2.44. The Hall–Kier alpha value is -2.08. The number of hydrogen-bond acceptors (Lipinski definition) is 3. The van der Waals surface area contributed by atoms with Gasteiger partial charge in [0.15, 0.2) is 0 Å². The molecule has 23 heavy (non-hydrogen) atoms. The first-order chi connectivity index (χ1) is 11.1. The highest BCUT2D eigenvalue weighted by molar-refractivity contribution is 6.30. The van der Waals surface area contributed by atoms with Gasteiger partial charge in [0.25, 0.3) is 0 Å². The number of hydrogen-bond donors (Lipinski definition) is 2. The third kappa shape index (κ3) is 3.82. The second-order valence-corrected chi connectivity index (χ2v) is 6.29. The minimum absolute atomic E-state index is 0.0338. The van der Waals surface area contributed by atoms with Gasteiger partial charge in [0.1, 0.15) is 12.2 Å². The zero-order valence-electron chi connectivity index (χ0n) is 13.0. The van der Waals surface area contributed by atoms with Crippen LogP contribution in [0, 0.1) is 0 Å². The number of aromatic amines is 1. The molecular weight excluding hydrogens is 314 g/mol. The molecule has 0 radical (unpaired) electrons. The Labute approximate surface area is 140 Å². The molecule has 6 nitrogen and oxygen atoms in total. The summed E-state index contributed by atoms with van der Waals surface area (Å²) in [7, 11) is 0. The minimum atomic E-state index is -0.0757. The van der Waals surface area contributed by atoms with Gasteiger partial charge < -0.3 is 10.2 Å². The number of carbonyl (C=O) groups excluding carboxylic acids is 1. The van der Waals surface area contributed by atoms with E-state index in [-0.39, 0.29) is 12.1 Å². The molecule has 0 aliphatic carbocycles. The SMILES string of the molecule is CC(NC(=O)N1CCC(c2ncn[nH]2)CC1)c1cccc(Cl)c1. The first-order valence-corrected chi connectivity index (χ1v) is 8.17. The smallest absolute Gasteiger partial charge is 0.317 e. The average molecular weight is 334 g/mol. The third-order valence-corrected chi connectivity index (χ3v) is 4.53. The van der Waals surface area contributed by atoms with Crippen LogP contribution in [0.3, 0.4) is 0 Å². The largest absolute Gasteiger partial charge is 0.331 e. The van der Waals surface area contributed by atoms with Gasteiger partial charge in [-0.3, -0.25) is 5.10 Å². The quantitative estimate of drug-likeness (QED) is 0.906. The van der Waals surface area contributed by atoms with Crippen molar-refractivity contribution in [3.05, 3.63) is 47.0 Å². The van der Waals surface area contributed by atoms with Crippen LogP contribution in [0.5, 0.6) is 0 Å². The Bertz CT molecular complexity index is 652. The average Bonchev–Trinajstić information content (AvgIpc) is 3.09. The summed E-state index contributed by atoms with van der Waals surface area (Å²) in [4.78, 5) is 18.5. The molecule has 2 aromatic rings. The second-order valence-electron chi connectivity index (χ2n) is 5.86. The fraction of sp³-hybridized carbons (Fsp3) is 0.438. The van der Waals surface area contributed by atoms with Gasteiger partial charge in [0.05, 0.1) is 6.04 Å². The van der Waals surface area contributed by atoms with Gasteiger partial charge in [-0.1, -0.05) is 23.7 Å². The van der Waals surface area contributed by atoms with E-state index in [1.807, 2.05) is 36.1 Å². The maximum absolute atomic E-state index is 12.4. The first-order valence-electron chi connectivity index (χ1n) is 7.79. The van der Waals surface area contributed by atoms with Crippen molar-refractivity contribution in [2.75, 3.05) is 13.1 Å². The van der Waals surface area contributed by atoms with E-state index < -0.39 is 0 Å². The number of carbonyl (C=O) groups is 1. The summed E-state index contributed by atoms with van der Waals surface area (Å²) in [5.41, 5.74) is 1.00. The van der Waals surface area contributed by atoms with Crippen molar-refractivity contribution in [1.29, 1.82) is 0 Å². The predicted octanol–water partition coefficient (Wildman–Crippen LogP) is 3.11. The Morgan fingerprint density at radius 3 is 2.87 bits per heavy atom. The molecule has 1 aromatic heterocycles. The Morgan fingerprint density at radius 1 is 1.43 bits per heavy atom. The van der Waals surface area contributed by atoms with E-state index in [0.29, 0.717) is 10.9 Å². The molecule has 2 amide bonds. The van der Waals surface area contributed by atoms with Crippen molar-refractivity contribution < 1.29 is 4.79 Å². The molecule has 2 N–H and O–H groups in total. The number of H-pyrrole nitrogens is 1. The molecule has 1 saturated heterocycles. The van der Waals surface area contributed by atoms with Gasteiger partial charge >= 0.3 is 6.03 Å². The van der Waals surface area contributed by atoms with Crippen LogP contribution in [-0.4, -0.2) is 39.2 Å². The third-order valence-electron chi connectivity index (χ3n) is 4.29. The zero-order chi connectivity index (χ0) is 16.2. The van der Waals surface area contributed by atoms with Crippen molar-refractivity contribution in [2.45, 2.75) is 31.7 Å². The molecular formula is C16H20ClN5O. The number of halogens is 1. The minimum Gasteiger partial charge on any atom is -0.331 e. The van der Waals surface area contributed by atoms with Gasteiger partial charge in [0.2, 0.25) is 0 Å². The summed E-state index contributed by atoms with van der Waals surface area (Å²) in [6, 6.07) is 7.45. The topological polar surface area (TPSA) is 73.9 Å². The molecule has 1 unspecified atom stereocenters. The van der Waals surface area contributed by atoms with Crippen LogP contribution in [-0.2, 0) is 0 Å². The van der Waals surface area contributed by atoms with E-state index in [2.05, 4.69) is 20.5 Å². The maximum atomic E-state index is 12.4. The van der Waals surface area contributed by atoms with Crippen molar-refractivity contribution in [2.24, 2.45) is 0 Å². The lowest BCUT2D eigenvalue weighted by Gasteiger charge is -2.32. The molecule has 2 heterocycles. The van der Waals surface area contributed by atoms with Crippen molar-refractivity contribution in [3.63, 3.8) is 0 Å². The lowest BCUT2D eigenvalue weighted by molar-refractivity contribution is 0.177. The summed E-state index contributed by atoms with van der Waals surface area (Å²) in [6.07, 6.45) is 3.32. The number of benzene rings is 1. The molecule has 0 bridgehead atoms. The fourth-order valence-electron chi connectivity index (χ4n) is 2.90. The number of likely N-dealkylation sites (tertiary alicyclic amines) is 1. The van der Waals surface area contributed by atoms with Crippen molar-refractivity contribution in [3.8, 4) is 0 Å². The van der Waals surface area contributed by atoms with Crippen LogP contribution in [0.4, 0.5) is 4.79 Å². The molecule has 122 valence electrons. The van der Waals surface area contributed by atoms with Gasteiger partial charge in [-0.15, -0.1) is 0 Å². The number of piperidine rings is 1. The number of amides is 2. The number of nitrogens with zero attached hydrogens (tertiary/aromatic N) is 3. The van der Waals surface area contributed by atoms with E-state index in [1.165, 1.54) is 6.33 Å². The second kappa shape index (κ2) is 7.00. The highest BCUT2D eigenvalue weighted by atomic mass is 35.5. The van der Waals surface area contributed by atoms with Gasteiger partial charge in [-0.25, -0.2) is 9.78 Å². The van der Waals surface area contributed by atoms with Crippen LogP contribution in [0.2, 0.25) is 5.02 Å². The molecule has 3 rings (SSSR count). The van der Waals surface area contributed by atoms with Gasteiger partial charge in [0, 0.05) is 24.0 Å². The number of rotatable bonds is 3. The molecule has 1 fully saturated rings. The summed E-state index contributed by atoms with van der Waals surface area (Å²) in [5, 5.41) is 10.5. The van der Waals surface area contributed by atoms with E-state index in [9.17, 15) is 4.79 Å². The van der Waals surface area contributed by atoms with Crippen molar-refractivity contribution in [1.82, 2.24) is 25.4 Å². The van der Waals surface area contributed by atoms with E-state index >= 15 is 0 Å². The van der Waals surface area contributed by atoms with E-state index in [0.717, 1.165) is 37.3 Å². The van der Waals surface area contributed by atoms with Gasteiger partial charge in [-0.2, -0.15) is 5.10 Å². The zero-order valence-corrected chi connectivity index (χ0v) is 13.8. The monoisotopic (exact) mass is 333 g/mol. The fourth-order valence-corrected chi connectivity index (χ4v) is 3.10. The number of nitrogens with one attached hydrogen (secondary N) is 2. The Balaban J connectivity index is 1.53. The van der Waals surface area contributed by atoms with Crippen LogP contribution in [0.25, 0.3) is 0 Å². The highest BCUT2D eigenvalue weighted by Crippen LogP contribution is 2.25. The van der Waals surface area contributed by atoms with Crippen LogP contribution >= 0.6 is 11.6 Å². The summed E-state index contributed by atoms with van der Waals surface area (Å²) in [6.45, 7) is 3.41. The molecule has 0 saturated carbocycles. The first kappa shape index (κ1) is 15.8. The molecule has 0 spiro atoms. The molecule has 1 atom stereocenters. The maximum Gasteiger partial charge on any atom is 0.317 e. The number of urea groups is 1. The predicted molar refractivity (Wildman–Crippen MR) is 88.3 cm³/mol. The lowest BCUT2D eigenvalue weighted by atomic mass is 9.96. The van der Waals surface area contributed by atoms with Crippen LogP contribution < -0.4 is 5.32 Å². The van der Waals surface area contributed by atoms with Crippen LogP contribution in [0.15, 0.2) is 30.6 Å². The normalized spacial score (nSPS) is 17.0. The Morgan fingerprint density at radius 2 is 2.22 bits per heavy atom. The summed E-state index contributed by atoms with van der Waals surface area (Å²) >= 11 is 6.00. The molecule has 1 aromatic carbocycles. The highest BCUT2D eigenvalue weighted by Gasteiger charge is 2.26. The van der Waals surface area contributed by atoms with Gasteiger partial charge in [-0.05, 0) is 37.5 Å². The molecule has 1 aliphatic heterocycles. The molecule has 7 heteroatoms. The van der Waals surface area contributed by atoms with Crippen molar-refractivity contribution >= 4 is 17.6 Å².